The third-order valence-electron chi connectivity index (χ3n) is 3.94. The average molecular weight is 226 g/mol. The third kappa shape index (κ3) is 3.07. The molecule has 0 spiro atoms. The van der Waals surface area contributed by atoms with Gasteiger partial charge in [-0.25, -0.2) is 0 Å². The molecular formula is C12H22N2S. The molecule has 2 aliphatic carbocycles. The Bertz CT molecular complexity index is 238. The number of nitrogens with one attached hydrogen (secondary N) is 2. The second-order valence-corrected chi connectivity index (χ2v) is 5.67. The van der Waals surface area contributed by atoms with Crippen molar-refractivity contribution in [1.82, 2.24) is 10.6 Å². The molecule has 3 atom stereocenters. The van der Waals surface area contributed by atoms with Gasteiger partial charge in [0.2, 0.25) is 0 Å². The normalized spacial score (nSPS) is 36.0. The maximum Gasteiger partial charge on any atom is 0.166 e. The lowest BCUT2D eigenvalue weighted by molar-refractivity contribution is 0.224. The van der Waals surface area contributed by atoms with Gasteiger partial charge in [0.05, 0.1) is 0 Å². The predicted molar refractivity (Wildman–Crippen MR) is 67.9 cm³/mol. The van der Waals surface area contributed by atoms with Gasteiger partial charge in [0.25, 0.3) is 0 Å². The topological polar surface area (TPSA) is 24.1 Å². The zero-order valence-corrected chi connectivity index (χ0v) is 10.6. The molecule has 2 fully saturated rings. The van der Waals surface area contributed by atoms with Crippen LogP contribution in [0.4, 0.5) is 0 Å². The van der Waals surface area contributed by atoms with Gasteiger partial charge in [0, 0.05) is 12.1 Å². The van der Waals surface area contributed by atoms with Crippen molar-refractivity contribution in [1.29, 1.82) is 0 Å². The standard InChI is InChI=1S/C12H22N2S/c1-8-4-3-5-11(9(8)2)14-12(15)13-10-6-7-10/h8-11H,3-7H2,1-2H3,(H2,13,14,15)/t8-,9+,11-/m0/s1. The molecule has 0 heterocycles. The lowest BCUT2D eigenvalue weighted by Gasteiger charge is -2.35. The van der Waals surface area contributed by atoms with E-state index in [2.05, 4.69) is 24.5 Å². The zero-order valence-electron chi connectivity index (χ0n) is 9.75. The van der Waals surface area contributed by atoms with E-state index in [0.29, 0.717) is 12.1 Å². The van der Waals surface area contributed by atoms with E-state index in [4.69, 9.17) is 12.2 Å². The smallest absolute Gasteiger partial charge is 0.166 e. The Labute approximate surface area is 98.2 Å². The highest BCUT2D eigenvalue weighted by molar-refractivity contribution is 7.80. The van der Waals surface area contributed by atoms with Crippen LogP contribution in [0.2, 0.25) is 0 Å². The Balaban J connectivity index is 1.78. The van der Waals surface area contributed by atoms with Crippen molar-refractivity contribution in [3.63, 3.8) is 0 Å². The second kappa shape index (κ2) is 4.69. The third-order valence-corrected chi connectivity index (χ3v) is 4.17. The highest BCUT2D eigenvalue weighted by atomic mass is 32.1. The van der Waals surface area contributed by atoms with Gasteiger partial charge in [-0.2, -0.15) is 0 Å². The first-order valence-electron chi connectivity index (χ1n) is 6.24. The molecular weight excluding hydrogens is 204 g/mol. The van der Waals surface area contributed by atoms with Crippen molar-refractivity contribution >= 4 is 17.3 Å². The molecule has 0 aromatic carbocycles. The van der Waals surface area contributed by atoms with Gasteiger partial charge in [-0.1, -0.05) is 26.7 Å². The van der Waals surface area contributed by atoms with Crippen LogP contribution in [-0.2, 0) is 0 Å². The summed E-state index contributed by atoms with van der Waals surface area (Å²) in [5.74, 6) is 1.58. The van der Waals surface area contributed by atoms with E-state index in [0.717, 1.165) is 16.9 Å². The zero-order chi connectivity index (χ0) is 10.8. The molecule has 0 amide bonds. The fourth-order valence-corrected chi connectivity index (χ4v) is 2.73. The summed E-state index contributed by atoms with van der Waals surface area (Å²) in [6.45, 7) is 4.71. The van der Waals surface area contributed by atoms with Crippen LogP contribution in [0, 0.1) is 11.8 Å². The van der Waals surface area contributed by atoms with Gasteiger partial charge in [0.15, 0.2) is 5.11 Å². The number of hydrogen-bond acceptors (Lipinski definition) is 1. The van der Waals surface area contributed by atoms with Gasteiger partial charge in [-0.15, -0.1) is 0 Å². The van der Waals surface area contributed by atoms with E-state index in [1.807, 2.05) is 0 Å². The molecule has 0 aromatic rings. The molecule has 0 radical (unpaired) electrons. The highest BCUT2D eigenvalue weighted by Gasteiger charge is 2.28. The lowest BCUT2D eigenvalue weighted by atomic mass is 9.78. The summed E-state index contributed by atoms with van der Waals surface area (Å²) in [7, 11) is 0. The molecule has 0 aliphatic heterocycles. The molecule has 2 aliphatic rings. The minimum Gasteiger partial charge on any atom is -0.360 e. The molecule has 2 N–H and O–H groups in total. The van der Waals surface area contributed by atoms with Crippen molar-refractivity contribution in [2.75, 3.05) is 0 Å². The fourth-order valence-electron chi connectivity index (χ4n) is 2.41. The summed E-state index contributed by atoms with van der Waals surface area (Å²) in [4.78, 5) is 0. The molecule has 2 nitrogen and oxygen atoms in total. The van der Waals surface area contributed by atoms with E-state index in [1.165, 1.54) is 32.1 Å². The Morgan fingerprint density at radius 2 is 1.80 bits per heavy atom. The maximum absolute atomic E-state index is 5.32. The molecule has 0 unspecified atom stereocenters. The first-order valence-corrected chi connectivity index (χ1v) is 6.64. The van der Waals surface area contributed by atoms with Gasteiger partial charge in [0.1, 0.15) is 0 Å². The van der Waals surface area contributed by atoms with E-state index in [9.17, 15) is 0 Å². The first-order chi connectivity index (χ1) is 7.16. The van der Waals surface area contributed by atoms with E-state index in [-0.39, 0.29) is 0 Å². The Kier molecular flexibility index (Phi) is 3.49. The van der Waals surface area contributed by atoms with Gasteiger partial charge in [-0.3, -0.25) is 0 Å². The summed E-state index contributed by atoms with van der Waals surface area (Å²) < 4.78 is 0. The van der Waals surface area contributed by atoms with Crippen molar-refractivity contribution in [2.45, 2.75) is 58.0 Å². The van der Waals surface area contributed by atoms with Crippen LogP contribution in [0.5, 0.6) is 0 Å². The van der Waals surface area contributed by atoms with Crippen LogP contribution in [0.3, 0.4) is 0 Å². The molecule has 3 heteroatoms. The van der Waals surface area contributed by atoms with Crippen LogP contribution >= 0.6 is 12.2 Å². The molecule has 0 saturated heterocycles. The predicted octanol–water partition coefficient (Wildman–Crippen LogP) is 2.44. The van der Waals surface area contributed by atoms with Crippen LogP contribution in [0.25, 0.3) is 0 Å². The van der Waals surface area contributed by atoms with Crippen LogP contribution in [0.15, 0.2) is 0 Å². The Hall–Kier alpha value is -0.310. The van der Waals surface area contributed by atoms with Crippen LogP contribution in [0.1, 0.15) is 46.0 Å². The SMILES string of the molecule is C[C@H]1[C@@H](NC(=S)NC2CC2)CCC[C@@H]1C. The number of thiocarbonyl (C=S) groups is 1. The molecule has 0 bridgehead atoms. The number of hydrogen-bond donors (Lipinski definition) is 2. The van der Waals surface area contributed by atoms with Gasteiger partial charge >= 0.3 is 0 Å². The summed E-state index contributed by atoms with van der Waals surface area (Å²) >= 11 is 5.32. The van der Waals surface area contributed by atoms with Crippen molar-refractivity contribution in [2.24, 2.45) is 11.8 Å². The molecule has 0 aromatic heterocycles. The van der Waals surface area contributed by atoms with Gasteiger partial charge in [-0.05, 0) is 43.3 Å². The average Bonchev–Trinajstić information content (AvgIpc) is 2.97. The van der Waals surface area contributed by atoms with E-state index < -0.39 is 0 Å². The Morgan fingerprint density at radius 1 is 1.07 bits per heavy atom. The van der Waals surface area contributed by atoms with Crippen LogP contribution in [-0.4, -0.2) is 17.2 Å². The van der Waals surface area contributed by atoms with Crippen molar-refractivity contribution in [3.8, 4) is 0 Å². The first kappa shape index (κ1) is 11.2. The molecule has 2 rings (SSSR count). The summed E-state index contributed by atoms with van der Waals surface area (Å²) in [6.07, 6.45) is 6.58. The molecule has 2 saturated carbocycles. The second-order valence-electron chi connectivity index (χ2n) is 5.27. The maximum atomic E-state index is 5.32. The molecule has 86 valence electrons. The van der Waals surface area contributed by atoms with Crippen molar-refractivity contribution < 1.29 is 0 Å². The largest absolute Gasteiger partial charge is 0.360 e. The van der Waals surface area contributed by atoms with E-state index in [1.54, 1.807) is 0 Å². The van der Waals surface area contributed by atoms with E-state index >= 15 is 0 Å². The monoisotopic (exact) mass is 226 g/mol. The quantitative estimate of drug-likeness (QED) is 0.707. The summed E-state index contributed by atoms with van der Waals surface area (Å²) in [5.41, 5.74) is 0. The number of rotatable bonds is 2. The van der Waals surface area contributed by atoms with Gasteiger partial charge < -0.3 is 10.6 Å². The minimum atomic E-state index is 0.590. The highest BCUT2D eigenvalue weighted by Crippen LogP contribution is 2.29. The minimum absolute atomic E-state index is 0.590. The molecule has 15 heavy (non-hydrogen) atoms. The van der Waals surface area contributed by atoms with Crippen molar-refractivity contribution in [3.05, 3.63) is 0 Å². The lowest BCUT2D eigenvalue weighted by Crippen LogP contribution is -2.48. The Morgan fingerprint density at radius 3 is 2.47 bits per heavy atom. The van der Waals surface area contributed by atoms with Crippen LogP contribution < -0.4 is 10.6 Å². The summed E-state index contributed by atoms with van der Waals surface area (Å²) in [6, 6.07) is 1.26. The summed E-state index contributed by atoms with van der Waals surface area (Å²) in [5, 5.41) is 7.73. The fraction of sp³-hybridized carbons (Fsp3) is 0.917.